The summed E-state index contributed by atoms with van der Waals surface area (Å²) in [5, 5.41) is 4.54. The van der Waals surface area contributed by atoms with Crippen LogP contribution in [-0.2, 0) is 0 Å². The van der Waals surface area contributed by atoms with Crippen molar-refractivity contribution < 1.29 is 16.4 Å². The molecule has 0 aliphatic carbocycles. The maximum absolute atomic E-state index is 9.21. The van der Waals surface area contributed by atoms with Crippen LogP contribution in [0.25, 0.3) is 115 Å². The molecule has 3 heterocycles. The van der Waals surface area contributed by atoms with Crippen LogP contribution < -0.4 is 0 Å². The summed E-state index contributed by atoms with van der Waals surface area (Å²) in [6.45, 7) is 0. The number of benzene rings is 9. The third kappa shape index (κ3) is 5.11. The van der Waals surface area contributed by atoms with Gasteiger partial charge in [-0.3, -0.25) is 0 Å². The summed E-state index contributed by atoms with van der Waals surface area (Å²) in [5.41, 5.74) is 3.40. The highest BCUT2D eigenvalue weighted by Crippen LogP contribution is 2.42. The van der Waals surface area contributed by atoms with Crippen LogP contribution in [0.3, 0.4) is 0 Å². The molecule has 270 valence electrons. The van der Waals surface area contributed by atoms with Crippen molar-refractivity contribution in [2.75, 3.05) is 0 Å². The molecular weight excluding hydrogens is 725 g/mol. The van der Waals surface area contributed by atoms with E-state index in [-0.39, 0.29) is 87.8 Å². The van der Waals surface area contributed by atoms with Crippen LogP contribution in [0.15, 0.2) is 194 Å². The highest BCUT2D eigenvalue weighted by atomic mass is 32.1. The van der Waals surface area contributed by atoms with Gasteiger partial charge in [-0.05, 0) is 75.1 Å². The Hall–Kier alpha value is -7.47. The second-order valence-corrected chi connectivity index (χ2v) is 14.9. The highest BCUT2D eigenvalue weighted by Gasteiger charge is 2.21. The average Bonchev–Trinajstić information content (AvgIpc) is 3.96. The van der Waals surface area contributed by atoms with E-state index in [1.54, 1.807) is 34.9 Å². The summed E-state index contributed by atoms with van der Waals surface area (Å²) in [6.07, 6.45) is 0. The summed E-state index contributed by atoms with van der Waals surface area (Å²) in [5.74, 6) is 0.749. The molecule has 12 rings (SSSR count). The van der Waals surface area contributed by atoms with Gasteiger partial charge in [0, 0.05) is 47.6 Å². The number of aromatic nitrogens is 4. The van der Waals surface area contributed by atoms with Crippen LogP contribution in [0.4, 0.5) is 0 Å². The van der Waals surface area contributed by atoms with Crippen LogP contribution in [-0.4, -0.2) is 19.5 Å². The lowest BCUT2D eigenvalue weighted by Gasteiger charge is -2.15. The van der Waals surface area contributed by atoms with Gasteiger partial charge in [-0.25, -0.2) is 15.0 Å². The minimum atomic E-state index is -0.505. The van der Waals surface area contributed by atoms with E-state index in [4.69, 9.17) is 28.7 Å². The van der Waals surface area contributed by atoms with Crippen LogP contribution in [0, 0.1) is 0 Å². The first-order chi connectivity index (χ1) is 33.7. The van der Waals surface area contributed by atoms with Crippen molar-refractivity contribution in [1.82, 2.24) is 19.5 Å². The zero-order valence-electron chi connectivity index (χ0n) is 42.2. The predicted octanol–water partition coefficient (Wildman–Crippen LogP) is 14.3. The fourth-order valence-corrected chi connectivity index (χ4v) is 9.13. The Balaban J connectivity index is 1.15. The quantitative estimate of drug-likeness (QED) is 0.164. The van der Waals surface area contributed by atoms with Crippen molar-refractivity contribution in [2.45, 2.75) is 0 Å². The van der Waals surface area contributed by atoms with Crippen molar-refractivity contribution in [3.05, 3.63) is 194 Å². The number of nitrogens with zero attached hydrogens (tertiary/aromatic N) is 4. The Morgan fingerprint density at radius 2 is 1.09 bits per heavy atom. The molecule has 12 aromatic rings. The SMILES string of the molecule is [2H]c1cc([2H])c2sc3c(-c4cccc(-c5nc(-c6ccccc6-n6c7c([2H])cc([2H])c([2H])c7c7c([2H])c([2H])c([2H])c([2H])c76)nc(-c6cc7ccccc7c7ccccc67)n5)c4)cc([2H])c([2H])c3c2c1[2H]. The minimum Gasteiger partial charge on any atom is -0.309 e. The summed E-state index contributed by atoms with van der Waals surface area (Å²) >= 11 is 1.25. The molecule has 3 aromatic heterocycles. The molecule has 0 amide bonds. The van der Waals surface area contributed by atoms with E-state index in [1.165, 1.54) is 23.5 Å². The van der Waals surface area contributed by atoms with Gasteiger partial charge in [-0.2, -0.15) is 0 Å². The first-order valence-corrected chi connectivity index (χ1v) is 19.4. The smallest absolute Gasteiger partial charge is 0.166 e. The second kappa shape index (κ2) is 13.1. The van der Waals surface area contributed by atoms with Gasteiger partial charge >= 0.3 is 0 Å². The molecule has 58 heavy (non-hydrogen) atoms. The van der Waals surface area contributed by atoms with Gasteiger partial charge < -0.3 is 4.57 Å². The Morgan fingerprint density at radius 3 is 2.00 bits per heavy atom. The van der Waals surface area contributed by atoms with Crippen molar-refractivity contribution in [1.29, 1.82) is 0 Å². The maximum Gasteiger partial charge on any atom is 0.166 e. The van der Waals surface area contributed by atoms with Gasteiger partial charge in [0.2, 0.25) is 0 Å². The highest BCUT2D eigenvalue weighted by molar-refractivity contribution is 7.26. The van der Waals surface area contributed by atoms with Crippen LogP contribution in [0.5, 0.6) is 0 Å². The zero-order chi connectivity index (χ0) is 48.6. The lowest BCUT2D eigenvalue weighted by molar-refractivity contribution is 1.07. The van der Waals surface area contributed by atoms with E-state index in [1.807, 2.05) is 72.8 Å². The predicted molar refractivity (Wildman–Crippen MR) is 244 cm³/mol. The summed E-state index contributed by atoms with van der Waals surface area (Å²) < 4.78 is 109. The topological polar surface area (TPSA) is 43.6 Å². The summed E-state index contributed by atoms with van der Waals surface area (Å²) in [6, 6.07) is 33.8. The summed E-state index contributed by atoms with van der Waals surface area (Å²) in [7, 11) is 0. The minimum absolute atomic E-state index is 0.0138. The first kappa shape index (κ1) is 22.9. The maximum atomic E-state index is 9.21. The fourth-order valence-electron chi connectivity index (χ4n) is 8.01. The molecule has 0 atom stereocenters. The van der Waals surface area contributed by atoms with E-state index in [0.717, 1.165) is 21.5 Å². The third-order valence-corrected chi connectivity index (χ3v) is 11.7. The molecule has 0 saturated carbocycles. The fraction of sp³-hybridized carbons (Fsp3) is 0. The molecule has 0 aliphatic rings. The van der Waals surface area contributed by atoms with Crippen LogP contribution >= 0.6 is 11.3 Å². The number of hydrogen-bond donors (Lipinski definition) is 0. The van der Waals surface area contributed by atoms with Crippen LogP contribution in [0.1, 0.15) is 16.4 Å². The Labute approximate surface area is 354 Å². The number of fused-ring (bicyclic) bond motifs is 9. The number of hydrogen-bond acceptors (Lipinski definition) is 4. The molecule has 0 N–H and O–H groups in total. The normalized spacial score (nSPS) is 14.7. The first-order valence-electron chi connectivity index (χ1n) is 24.5. The molecular formula is C53H32N4S. The van der Waals surface area contributed by atoms with Gasteiger partial charge in [-0.15, -0.1) is 11.3 Å². The van der Waals surface area contributed by atoms with Crippen molar-refractivity contribution >= 4 is 74.9 Å². The average molecular weight is 769 g/mol. The van der Waals surface area contributed by atoms with E-state index in [9.17, 15) is 2.74 Å². The number of thiophene rings is 1. The van der Waals surface area contributed by atoms with Crippen molar-refractivity contribution in [2.24, 2.45) is 0 Å². The number of para-hydroxylation sites is 3. The lowest BCUT2D eigenvalue weighted by Crippen LogP contribution is -2.04. The van der Waals surface area contributed by atoms with E-state index >= 15 is 0 Å². The molecule has 0 unspecified atom stereocenters. The van der Waals surface area contributed by atoms with E-state index in [0.29, 0.717) is 59.5 Å². The molecule has 0 aliphatic heterocycles. The van der Waals surface area contributed by atoms with Crippen LogP contribution in [0.2, 0.25) is 0 Å². The third-order valence-electron chi connectivity index (χ3n) is 10.6. The monoisotopic (exact) mass is 768 g/mol. The largest absolute Gasteiger partial charge is 0.309 e. The van der Waals surface area contributed by atoms with Gasteiger partial charge in [-0.1, -0.05) is 151 Å². The second-order valence-electron chi connectivity index (χ2n) is 13.8. The standard InChI is InChI=1S/C53H32N4S/c1-2-18-36-34(15-1)32-45(39-20-4-3-19-38(36)39)53-55-51(35-17-13-16-33(31-35)37-25-14-26-43-42-23-8-12-30-49(42)58-50(37)43)54-52(56-53)44-24-7-11-29-48(44)57-46-27-9-5-21-40(46)41-22-6-10-28-47(41)57/h1-32H/i5D,6D,8D,9D,14D,21D,22D,23D,26D,27D,28D,30D. The summed E-state index contributed by atoms with van der Waals surface area (Å²) in [4.78, 5) is 15.6. The lowest BCUT2D eigenvalue weighted by atomic mass is 9.96. The molecule has 0 radical (unpaired) electrons. The molecule has 9 aromatic carbocycles. The molecule has 0 saturated heterocycles. The van der Waals surface area contributed by atoms with Crippen molar-refractivity contribution in [3.63, 3.8) is 0 Å². The Morgan fingerprint density at radius 1 is 0.414 bits per heavy atom. The molecule has 0 fully saturated rings. The van der Waals surface area contributed by atoms with Gasteiger partial charge in [0.15, 0.2) is 17.5 Å². The van der Waals surface area contributed by atoms with Gasteiger partial charge in [0.25, 0.3) is 0 Å². The van der Waals surface area contributed by atoms with Crippen molar-refractivity contribution in [3.8, 4) is 51.0 Å². The molecule has 5 heteroatoms. The molecule has 4 nitrogen and oxygen atoms in total. The Bertz CT molecular complexity index is 4300. The molecule has 0 spiro atoms. The molecule has 0 bridgehead atoms. The van der Waals surface area contributed by atoms with E-state index in [2.05, 4.69) is 6.07 Å². The van der Waals surface area contributed by atoms with Gasteiger partial charge in [0.05, 0.1) is 33.2 Å². The zero-order valence-corrected chi connectivity index (χ0v) is 31.1. The Kier molecular flexibility index (Phi) is 5.16. The van der Waals surface area contributed by atoms with Gasteiger partial charge in [0.1, 0.15) is 0 Å². The van der Waals surface area contributed by atoms with E-state index < -0.39 is 18.1 Å². The number of rotatable bonds is 5.